The van der Waals surface area contributed by atoms with E-state index in [1.165, 1.54) is 88.7 Å². The summed E-state index contributed by atoms with van der Waals surface area (Å²) in [6.07, 6.45) is 27.7. The van der Waals surface area contributed by atoms with E-state index in [2.05, 4.69) is 99.6 Å². The summed E-state index contributed by atoms with van der Waals surface area (Å²) in [4.78, 5) is 16.1. The van der Waals surface area contributed by atoms with Crippen LogP contribution in [-0.4, -0.2) is 19.9 Å². The van der Waals surface area contributed by atoms with E-state index in [9.17, 15) is 0 Å². The first-order valence-corrected chi connectivity index (χ1v) is 19.8. The quantitative estimate of drug-likeness (QED) is 0.0833. The van der Waals surface area contributed by atoms with Crippen molar-refractivity contribution in [3.05, 3.63) is 88.7 Å². The molecule has 8 bridgehead atoms. The van der Waals surface area contributed by atoms with Crippen molar-refractivity contribution in [2.75, 3.05) is 0 Å². The summed E-state index contributed by atoms with van der Waals surface area (Å²) in [7, 11) is 0. The van der Waals surface area contributed by atoms with Gasteiger partial charge in [-0.25, -0.2) is 0 Å². The molecule has 5 rings (SSSR count). The second-order valence-electron chi connectivity index (χ2n) is 14.2. The van der Waals surface area contributed by atoms with E-state index in [-0.39, 0.29) is 0 Å². The van der Waals surface area contributed by atoms with Gasteiger partial charge in [-0.3, -0.25) is 0 Å². The van der Waals surface area contributed by atoms with Crippen LogP contribution in [0.15, 0.2) is 0 Å². The Morgan fingerprint density at radius 3 is 0.646 bits per heavy atom. The second kappa shape index (κ2) is 16.8. The Morgan fingerprint density at radius 2 is 0.458 bits per heavy atom. The highest BCUT2D eigenvalue weighted by Gasteiger charge is 2.19. The fourth-order valence-electron chi connectivity index (χ4n) is 8.33. The standard InChI is InChI=1S/C44H64N4/c1-9-17-29-30(18-10-2)38-26-40-33(21-13-5)34(22-14-6)42(47-40)28-44-36(24-16-8)35(23-15-7)43(48-44)27-41-32(20-12-4)31(19-11-3)39(46-41)25-37(29)45-38/h25-28,45-48H,9-24H2,1-8H3. The minimum atomic E-state index is 1.09. The highest BCUT2D eigenvalue weighted by Crippen LogP contribution is 2.27. The molecule has 1 aliphatic rings. The maximum atomic E-state index is 4.02. The average Bonchev–Trinajstić information content (AvgIpc) is 3.75. The minimum absolute atomic E-state index is 1.09. The van der Waals surface area contributed by atoms with Crippen LogP contribution >= 0.6 is 0 Å². The molecule has 4 aromatic rings. The van der Waals surface area contributed by atoms with Crippen LogP contribution in [0.25, 0.3) is 24.3 Å². The lowest BCUT2D eigenvalue weighted by atomic mass is 9.97. The van der Waals surface area contributed by atoms with Crippen molar-refractivity contribution in [1.29, 1.82) is 0 Å². The molecule has 48 heavy (non-hydrogen) atoms. The zero-order valence-corrected chi connectivity index (χ0v) is 31.6. The highest BCUT2D eigenvalue weighted by molar-refractivity contribution is 5.66. The summed E-state index contributed by atoms with van der Waals surface area (Å²) >= 11 is 0. The fourth-order valence-corrected chi connectivity index (χ4v) is 8.33. The molecule has 260 valence electrons. The van der Waals surface area contributed by atoms with Crippen molar-refractivity contribution in [2.45, 2.75) is 158 Å². The molecular formula is C44H64N4. The van der Waals surface area contributed by atoms with Gasteiger partial charge in [-0.05, 0) is 120 Å². The SMILES string of the molecule is CCCc1c2[nH]c(c1CCC)C=c1[nH]c(c(CCC)c1CCC)=Cc1[nH]c(c(CCC)c1CCC)C=c1[nH]c(c(CCC)c1CCC)=C2. The number of H-pyrrole nitrogens is 4. The van der Waals surface area contributed by atoms with Crippen LogP contribution in [0.2, 0.25) is 0 Å². The molecule has 0 unspecified atom stereocenters. The van der Waals surface area contributed by atoms with Gasteiger partial charge in [-0.2, -0.15) is 0 Å². The summed E-state index contributed by atoms with van der Waals surface area (Å²) < 4.78 is 0. The Morgan fingerprint density at radius 1 is 0.271 bits per heavy atom. The van der Waals surface area contributed by atoms with Crippen molar-refractivity contribution in [1.82, 2.24) is 19.9 Å². The van der Waals surface area contributed by atoms with Crippen molar-refractivity contribution < 1.29 is 0 Å². The van der Waals surface area contributed by atoms with Crippen molar-refractivity contribution in [2.24, 2.45) is 0 Å². The van der Waals surface area contributed by atoms with Gasteiger partial charge < -0.3 is 19.9 Å². The van der Waals surface area contributed by atoms with E-state index in [1.807, 2.05) is 0 Å². The first-order chi connectivity index (χ1) is 23.5. The molecule has 5 heterocycles. The molecule has 4 nitrogen and oxygen atoms in total. The van der Waals surface area contributed by atoms with E-state index in [1.54, 1.807) is 0 Å². The van der Waals surface area contributed by atoms with Gasteiger partial charge in [0.2, 0.25) is 0 Å². The second-order valence-corrected chi connectivity index (χ2v) is 14.2. The van der Waals surface area contributed by atoms with Gasteiger partial charge in [0, 0.05) is 44.2 Å². The molecule has 0 saturated heterocycles. The minimum Gasteiger partial charge on any atom is -0.355 e. The Kier molecular flexibility index (Phi) is 12.6. The monoisotopic (exact) mass is 649 g/mol. The number of aromatic nitrogens is 4. The first kappa shape index (κ1) is 35.9. The van der Waals surface area contributed by atoms with E-state index in [4.69, 9.17) is 0 Å². The number of nitrogens with one attached hydrogen (secondary N) is 4. The summed E-state index contributed by atoms with van der Waals surface area (Å²) in [6, 6.07) is 0. The predicted molar refractivity (Wildman–Crippen MR) is 208 cm³/mol. The normalized spacial score (nSPS) is 12.5. The largest absolute Gasteiger partial charge is 0.355 e. The zero-order valence-electron chi connectivity index (χ0n) is 31.6. The third kappa shape index (κ3) is 7.28. The summed E-state index contributed by atoms with van der Waals surface area (Å²) in [5, 5.41) is 5.15. The van der Waals surface area contributed by atoms with Crippen LogP contribution in [0.3, 0.4) is 0 Å². The van der Waals surface area contributed by atoms with Crippen molar-refractivity contribution in [3.8, 4) is 0 Å². The molecule has 0 aromatic carbocycles. The van der Waals surface area contributed by atoms with E-state index < -0.39 is 0 Å². The molecule has 0 saturated carbocycles. The van der Waals surface area contributed by atoms with Gasteiger partial charge in [0.1, 0.15) is 0 Å². The van der Waals surface area contributed by atoms with Gasteiger partial charge in [-0.15, -0.1) is 0 Å². The summed E-state index contributed by atoms with van der Waals surface area (Å²) in [6.45, 7) is 18.6. The maximum Gasteiger partial charge on any atom is 0.0441 e. The van der Waals surface area contributed by atoms with Crippen LogP contribution in [0.4, 0.5) is 0 Å². The van der Waals surface area contributed by atoms with Crippen LogP contribution in [0, 0.1) is 0 Å². The van der Waals surface area contributed by atoms with E-state index >= 15 is 0 Å². The summed E-state index contributed by atoms with van der Waals surface area (Å²) in [5.74, 6) is 0. The van der Waals surface area contributed by atoms with Gasteiger partial charge in [-0.1, -0.05) is 107 Å². The molecule has 0 amide bonds. The molecule has 0 aliphatic carbocycles. The molecule has 0 atom stereocenters. The number of fused-ring (bicyclic) bond motifs is 8. The average molecular weight is 649 g/mol. The Hall–Kier alpha value is -3.40. The molecule has 4 N–H and O–H groups in total. The topological polar surface area (TPSA) is 63.2 Å². The number of rotatable bonds is 16. The Bertz CT molecular complexity index is 1650. The molecule has 4 heteroatoms. The molecule has 0 fully saturated rings. The molecule has 0 spiro atoms. The highest BCUT2D eigenvalue weighted by atomic mass is 14.8. The van der Waals surface area contributed by atoms with Crippen LogP contribution in [0.1, 0.15) is 174 Å². The number of hydrogen-bond donors (Lipinski definition) is 4. The molecule has 1 aliphatic heterocycles. The smallest absolute Gasteiger partial charge is 0.0441 e. The first-order valence-electron chi connectivity index (χ1n) is 19.8. The van der Waals surface area contributed by atoms with Crippen molar-refractivity contribution >= 4 is 24.3 Å². The Labute approximate surface area is 290 Å². The lowest BCUT2D eigenvalue weighted by Crippen LogP contribution is -2.14. The maximum absolute atomic E-state index is 4.02. The van der Waals surface area contributed by atoms with Gasteiger partial charge >= 0.3 is 0 Å². The number of hydrogen-bond acceptors (Lipinski definition) is 0. The van der Waals surface area contributed by atoms with Crippen LogP contribution in [0.5, 0.6) is 0 Å². The van der Waals surface area contributed by atoms with E-state index in [0.29, 0.717) is 0 Å². The Balaban J connectivity index is 2.01. The summed E-state index contributed by atoms with van der Waals surface area (Å²) in [5.41, 5.74) is 17.2. The molecular weight excluding hydrogens is 585 g/mol. The van der Waals surface area contributed by atoms with Crippen LogP contribution < -0.4 is 21.4 Å². The lowest BCUT2D eigenvalue weighted by molar-refractivity contribution is 0.859. The predicted octanol–water partition coefficient (Wildman–Crippen LogP) is 8.25. The fraction of sp³-hybridized carbons (Fsp3) is 0.545. The lowest BCUT2D eigenvalue weighted by Gasteiger charge is -2.06. The van der Waals surface area contributed by atoms with Crippen LogP contribution in [-0.2, 0) is 51.4 Å². The van der Waals surface area contributed by atoms with Crippen molar-refractivity contribution in [3.63, 3.8) is 0 Å². The third-order valence-corrected chi connectivity index (χ3v) is 10.3. The molecule has 4 aromatic heterocycles. The zero-order chi connectivity index (χ0) is 34.2. The van der Waals surface area contributed by atoms with Gasteiger partial charge in [0.25, 0.3) is 0 Å². The molecule has 0 radical (unpaired) electrons. The van der Waals surface area contributed by atoms with Gasteiger partial charge in [0.15, 0.2) is 0 Å². The number of aromatic amines is 4. The van der Waals surface area contributed by atoms with E-state index in [0.717, 1.165) is 103 Å². The third-order valence-electron chi connectivity index (χ3n) is 10.3. The van der Waals surface area contributed by atoms with Gasteiger partial charge in [0.05, 0.1) is 0 Å².